The van der Waals surface area contributed by atoms with Crippen LogP contribution in [0.4, 0.5) is 0 Å². The number of aryl methyl sites for hydroxylation is 1. The van der Waals surface area contributed by atoms with Crippen LogP contribution in [0.25, 0.3) is 0 Å². The van der Waals surface area contributed by atoms with Gasteiger partial charge in [0.05, 0.1) is 12.2 Å². The fourth-order valence-corrected chi connectivity index (χ4v) is 2.45. The van der Waals surface area contributed by atoms with Gasteiger partial charge in [0.1, 0.15) is 5.75 Å². The first-order chi connectivity index (χ1) is 11.8. The maximum atomic E-state index is 10.9. The van der Waals surface area contributed by atoms with Crippen LogP contribution in [0.1, 0.15) is 35.2 Å². The van der Waals surface area contributed by atoms with Crippen LogP contribution >= 0.6 is 0 Å². The first-order valence-electron chi connectivity index (χ1n) is 8.46. The molecule has 24 heavy (non-hydrogen) atoms. The molecule has 0 aromatic heterocycles. The lowest BCUT2D eigenvalue weighted by molar-refractivity contribution is 0.0696. The van der Waals surface area contributed by atoms with Gasteiger partial charge in [-0.1, -0.05) is 36.4 Å². The number of carboxylic acids is 1. The predicted octanol–water partition coefficient (Wildman–Crippen LogP) is 3.77. The van der Waals surface area contributed by atoms with Crippen LogP contribution in [0.2, 0.25) is 0 Å². The van der Waals surface area contributed by atoms with Crippen molar-refractivity contribution in [2.45, 2.75) is 25.7 Å². The second kappa shape index (κ2) is 10.4. The molecule has 0 amide bonds. The predicted molar refractivity (Wildman–Crippen MR) is 95.8 cm³/mol. The summed E-state index contributed by atoms with van der Waals surface area (Å²) in [6.45, 7) is 2.61. The van der Waals surface area contributed by atoms with Crippen LogP contribution in [-0.2, 0) is 6.42 Å². The van der Waals surface area contributed by atoms with Crippen LogP contribution in [0.3, 0.4) is 0 Å². The minimum atomic E-state index is -0.930. The van der Waals surface area contributed by atoms with Crippen molar-refractivity contribution in [2.24, 2.45) is 0 Å². The monoisotopic (exact) mass is 327 g/mol. The van der Waals surface area contributed by atoms with Gasteiger partial charge < -0.3 is 15.2 Å². The fourth-order valence-electron chi connectivity index (χ4n) is 2.45. The van der Waals surface area contributed by atoms with Gasteiger partial charge in [-0.05, 0) is 62.5 Å². The van der Waals surface area contributed by atoms with E-state index in [-0.39, 0.29) is 5.56 Å². The quantitative estimate of drug-likeness (QED) is 0.617. The molecule has 2 rings (SSSR count). The smallest absolute Gasteiger partial charge is 0.335 e. The Morgan fingerprint density at radius 3 is 2.54 bits per heavy atom. The summed E-state index contributed by atoms with van der Waals surface area (Å²) in [6, 6.07) is 17.1. The molecule has 2 aromatic rings. The van der Waals surface area contributed by atoms with Crippen LogP contribution in [0, 0.1) is 0 Å². The van der Waals surface area contributed by atoms with Crippen LogP contribution in [0.15, 0.2) is 54.6 Å². The lowest BCUT2D eigenvalue weighted by atomic mass is 10.1. The molecule has 0 saturated carbocycles. The third-order valence-corrected chi connectivity index (χ3v) is 3.76. The van der Waals surface area contributed by atoms with Gasteiger partial charge in [-0.25, -0.2) is 4.79 Å². The molecule has 0 aliphatic heterocycles. The Morgan fingerprint density at radius 1 is 0.958 bits per heavy atom. The molecule has 0 fully saturated rings. The van der Waals surface area contributed by atoms with Gasteiger partial charge in [0.25, 0.3) is 0 Å². The molecule has 0 heterocycles. The summed E-state index contributed by atoms with van der Waals surface area (Å²) in [5.41, 5.74) is 1.64. The first kappa shape index (κ1) is 18.0. The average Bonchev–Trinajstić information content (AvgIpc) is 2.61. The van der Waals surface area contributed by atoms with E-state index >= 15 is 0 Å². The molecule has 0 bridgehead atoms. The number of carbonyl (C=O) groups is 1. The van der Waals surface area contributed by atoms with E-state index in [1.165, 1.54) is 5.56 Å². The molecule has 4 nitrogen and oxygen atoms in total. The Labute approximate surface area is 143 Å². The average molecular weight is 327 g/mol. The lowest BCUT2D eigenvalue weighted by Gasteiger charge is -2.08. The topological polar surface area (TPSA) is 58.6 Å². The van der Waals surface area contributed by atoms with Gasteiger partial charge in [-0.2, -0.15) is 0 Å². The van der Waals surface area contributed by atoms with Crippen LogP contribution in [0.5, 0.6) is 5.75 Å². The number of benzene rings is 2. The third kappa shape index (κ3) is 6.84. The third-order valence-electron chi connectivity index (χ3n) is 3.76. The maximum absolute atomic E-state index is 10.9. The normalized spacial score (nSPS) is 10.5. The molecule has 4 heteroatoms. The van der Waals surface area contributed by atoms with E-state index in [0.717, 1.165) is 38.8 Å². The van der Waals surface area contributed by atoms with Gasteiger partial charge in [0.2, 0.25) is 0 Å². The molecule has 2 N–H and O–H groups in total. The second-order valence-corrected chi connectivity index (χ2v) is 5.73. The number of ether oxygens (including phenoxy) is 1. The second-order valence-electron chi connectivity index (χ2n) is 5.73. The molecule has 0 saturated heterocycles. The summed E-state index contributed by atoms with van der Waals surface area (Å²) in [5.74, 6) is -0.314. The summed E-state index contributed by atoms with van der Waals surface area (Å²) in [6.07, 6.45) is 4.24. The van der Waals surface area contributed by atoms with E-state index in [1.54, 1.807) is 24.3 Å². The van der Waals surface area contributed by atoms with E-state index in [1.807, 2.05) is 6.07 Å². The van der Waals surface area contributed by atoms with E-state index < -0.39 is 5.97 Å². The largest absolute Gasteiger partial charge is 0.494 e. The molecule has 0 atom stereocenters. The van der Waals surface area contributed by atoms with Gasteiger partial charge >= 0.3 is 5.97 Å². The van der Waals surface area contributed by atoms with Crippen LogP contribution < -0.4 is 10.1 Å². The maximum Gasteiger partial charge on any atom is 0.335 e. The Bertz CT molecular complexity index is 613. The number of unbranched alkanes of at least 4 members (excludes halogenated alkanes) is 1. The Morgan fingerprint density at radius 2 is 1.75 bits per heavy atom. The molecule has 0 unspecified atom stereocenters. The molecular weight excluding hydrogens is 302 g/mol. The molecule has 0 aliphatic rings. The van der Waals surface area contributed by atoms with Crippen molar-refractivity contribution in [1.29, 1.82) is 0 Å². The number of aromatic carboxylic acids is 1. The van der Waals surface area contributed by atoms with Crippen molar-refractivity contribution in [3.05, 3.63) is 65.7 Å². The van der Waals surface area contributed by atoms with E-state index in [2.05, 4.69) is 29.6 Å². The van der Waals surface area contributed by atoms with E-state index in [9.17, 15) is 4.79 Å². The molecule has 0 spiro atoms. The van der Waals surface area contributed by atoms with Crippen molar-refractivity contribution in [1.82, 2.24) is 5.32 Å². The number of hydrogen-bond acceptors (Lipinski definition) is 3. The Hall–Kier alpha value is -2.33. The van der Waals surface area contributed by atoms with E-state index in [0.29, 0.717) is 12.4 Å². The number of nitrogens with one attached hydrogen (secondary N) is 1. The number of carboxylic acid groups (broad SMARTS) is 1. The summed E-state index contributed by atoms with van der Waals surface area (Å²) in [4.78, 5) is 10.9. The summed E-state index contributed by atoms with van der Waals surface area (Å²) < 4.78 is 5.59. The zero-order valence-corrected chi connectivity index (χ0v) is 13.9. The van der Waals surface area contributed by atoms with Crippen molar-refractivity contribution in [2.75, 3.05) is 19.7 Å². The lowest BCUT2D eigenvalue weighted by Crippen LogP contribution is -2.17. The molecular formula is C20H25NO3. The highest BCUT2D eigenvalue weighted by atomic mass is 16.5. The first-order valence-corrected chi connectivity index (χ1v) is 8.46. The SMILES string of the molecule is O=C(O)c1cccc(OCCCCNCCCc2ccccc2)c1. The summed E-state index contributed by atoms with van der Waals surface area (Å²) in [7, 11) is 0. The van der Waals surface area contributed by atoms with Crippen molar-refractivity contribution in [3.63, 3.8) is 0 Å². The number of hydrogen-bond donors (Lipinski definition) is 2. The van der Waals surface area contributed by atoms with Gasteiger partial charge in [0.15, 0.2) is 0 Å². The zero-order chi connectivity index (χ0) is 17.0. The van der Waals surface area contributed by atoms with Crippen LogP contribution in [-0.4, -0.2) is 30.8 Å². The summed E-state index contributed by atoms with van der Waals surface area (Å²) >= 11 is 0. The van der Waals surface area contributed by atoms with Gasteiger partial charge in [-0.3, -0.25) is 0 Å². The minimum absolute atomic E-state index is 0.257. The molecule has 0 aliphatic carbocycles. The van der Waals surface area contributed by atoms with E-state index in [4.69, 9.17) is 9.84 Å². The highest BCUT2D eigenvalue weighted by Crippen LogP contribution is 2.13. The zero-order valence-electron chi connectivity index (χ0n) is 13.9. The fraction of sp³-hybridized carbons (Fsp3) is 0.350. The van der Waals surface area contributed by atoms with Gasteiger partial charge in [0, 0.05) is 0 Å². The molecule has 2 aromatic carbocycles. The van der Waals surface area contributed by atoms with Gasteiger partial charge in [-0.15, -0.1) is 0 Å². The van der Waals surface area contributed by atoms with Crippen molar-refractivity contribution in [3.8, 4) is 5.75 Å². The summed E-state index contributed by atoms with van der Waals surface area (Å²) in [5, 5.41) is 12.4. The van der Waals surface area contributed by atoms with Crippen molar-refractivity contribution < 1.29 is 14.6 Å². The molecule has 128 valence electrons. The number of rotatable bonds is 11. The highest BCUT2D eigenvalue weighted by Gasteiger charge is 2.03. The Balaban J connectivity index is 1.48. The Kier molecular flexibility index (Phi) is 7.84. The minimum Gasteiger partial charge on any atom is -0.494 e. The highest BCUT2D eigenvalue weighted by molar-refractivity contribution is 5.87. The van der Waals surface area contributed by atoms with Crippen molar-refractivity contribution >= 4 is 5.97 Å². The molecule has 0 radical (unpaired) electrons. The standard InChI is InChI=1S/C20H25NO3/c22-20(23)18-11-6-12-19(16-18)24-15-5-4-13-21-14-7-10-17-8-2-1-3-9-17/h1-3,6,8-9,11-12,16,21H,4-5,7,10,13-15H2,(H,22,23).